The number of anilines is 1. The van der Waals surface area contributed by atoms with Crippen LogP contribution >= 0.6 is 0 Å². The Morgan fingerprint density at radius 3 is 1.73 bits per heavy atom. The van der Waals surface area contributed by atoms with E-state index in [2.05, 4.69) is 11.9 Å². The van der Waals surface area contributed by atoms with Crippen molar-refractivity contribution >= 4 is 5.82 Å². The number of nitrogen functional groups attached to an aromatic ring is 1. The third-order valence-electron chi connectivity index (χ3n) is 6.73. The van der Waals surface area contributed by atoms with Crippen LogP contribution in [0, 0.1) is 5.41 Å². The summed E-state index contributed by atoms with van der Waals surface area (Å²) in [5.74, 6) is 0.914. The molecule has 30 heavy (non-hydrogen) atoms. The molecule has 2 aliphatic carbocycles. The van der Waals surface area contributed by atoms with E-state index in [0.717, 1.165) is 39.7 Å². The average Bonchev–Trinajstić information content (AvgIpc) is 2.67. The Morgan fingerprint density at radius 1 is 0.833 bits per heavy atom. The summed E-state index contributed by atoms with van der Waals surface area (Å²) in [5, 5.41) is 19.0. The SMILES string of the molecule is C1CC2(C1)CCC2.CCc1c(-c2ccc(O)cc2)cnc(N)c1-c1ccc(O)cc1. The van der Waals surface area contributed by atoms with Crippen LogP contribution in [0.25, 0.3) is 22.3 Å². The number of rotatable bonds is 3. The highest BCUT2D eigenvalue weighted by molar-refractivity contribution is 5.84. The molecule has 0 radical (unpaired) electrons. The van der Waals surface area contributed by atoms with Gasteiger partial charge in [-0.3, -0.25) is 0 Å². The molecule has 0 bridgehead atoms. The smallest absolute Gasteiger partial charge is 0.131 e. The van der Waals surface area contributed by atoms with Gasteiger partial charge in [-0.05, 0) is 78.5 Å². The van der Waals surface area contributed by atoms with Gasteiger partial charge < -0.3 is 15.9 Å². The molecular formula is C26H30N2O2. The third kappa shape index (κ3) is 4.00. The van der Waals surface area contributed by atoms with Crippen molar-refractivity contribution in [3.63, 3.8) is 0 Å². The molecule has 0 saturated heterocycles. The zero-order valence-corrected chi connectivity index (χ0v) is 17.6. The molecule has 4 heteroatoms. The predicted molar refractivity (Wildman–Crippen MR) is 122 cm³/mol. The standard InChI is InChI=1S/C19H18N2O2.C7H12/c1-2-16-17(12-3-7-14(22)8-4-12)11-21-19(20)18(16)13-5-9-15(23)10-6-13;1-3-7(4-1)5-2-6-7/h3-11,22-23H,2H2,1H3,(H2,20,21);1-6H2. The third-order valence-corrected chi connectivity index (χ3v) is 6.73. The Morgan fingerprint density at radius 2 is 1.33 bits per heavy atom. The molecule has 0 unspecified atom stereocenters. The van der Waals surface area contributed by atoms with Gasteiger partial charge in [0.1, 0.15) is 17.3 Å². The van der Waals surface area contributed by atoms with Crippen LogP contribution in [-0.2, 0) is 6.42 Å². The van der Waals surface area contributed by atoms with Gasteiger partial charge in [-0.2, -0.15) is 0 Å². The van der Waals surface area contributed by atoms with E-state index < -0.39 is 0 Å². The Labute approximate surface area is 178 Å². The molecular weight excluding hydrogens is 372 g/mol. The van der Waals surface area contributed by atoms with Crippen molar-refractivity contribution in [2.45, 2.75) is 51.9 Å². The van der Waals surface area contributed by atoms with E-state index >= 15 is 0 Å². The molecule has 1 spiro atoms. The van der Waals surface area contributed by atoms with Crippen LogP contribution < -0.4 is 5.73 Å². The van der Waals surface area contributed by atoms with E-state index in [1.165, 1.54) is 12.8 Å². The Kier molecular flexibility index (Phi) is 5.67. The van der Waals surface area contributed by atoms with E-state index in [1.54, 1.807) is 56.1 Å². The van der Waals surface area contributed by atoms with Gasteiger partial charge in [-0.25, -0.2) is 4.98 Å². The number of aromatic nitrogens is 1. The summed E-state index contributed by atoms with van der Waals surface area (Å²) >= 11 is 0. The molecule has 1 aromatic heterocycles. The monoisotopic (exact) mass is 402 g/mol. The molecule has 3 aromatic rings. The lowest BCUT2D eigenvalue weighted by molar-refractivity contribution is 0.0314. The first kappa shape index (κ1) is 20.3. The van der Waals surface area contributed by atoms with Crippen molar-refractivity contribution in [1.29, 1.82) is 0 Å². The number of phenols is 2. The Bertz CT molecular complexity index is 987. The number of benzene rings is 2. The Hall–Kier alpha value is -3.01. The second-order valence-corrected chi connectivity index (χ2v) is 8.57. The van der Waals surface area contributed by atoms with Crippen LogP contribution in [0.1, 0.15) is 51.0 Å². The maximum absolute atomic E-state index is 9.49. The minimum absolute atomic E-state index is 0.216. The summed E-state index contributed by atoms with van der Waals surface area (Å²) in [6, 6.07) is 14.0. The van der Waals surface area contributed by atoms with E-state index in [-0.39, 0.29) is 11.5 Å². The number of hydrogen-bond donors (Lipinski definition) is 3. The fourth-order valence-corrected chi connectivity index (χ4v) is 4.63. The number of nitrogens with two attached hydrogens (primary N) is 1. The second-order valence-electron chi connectivity index (χ2n) is 8.57. The van der Waals surface area contributed by atoms with E-state index in [4.69, 9.17) is 5.73 Å². The summed E-state index contributed by atoms with van der Waals surface area (Å²) in [6.07, 6.45) is 11.9. The van der Waals surface area contributed by atoms with Gasteiger partial charge >= 0.3 is 0 Å². The van der Waals surface area contributed by atoms with E-state index in [9.17, 15) is 10.2 Å². The predicted octanol–water partition coefficient (Wildman–Crippen LogP) is 6.31. The van der Waals surface area contributed by atoms with Crippen LogP contribution in [-0.4, -0.2) is 15.2 Å². The number of aromatic hydroxyl groups is 2. The van der Waals surface area contributed by atoms with Gasteiger partial charge in [0.2, 0.25) is 0 Å². The number of phenolic OH excluding ortho intramolecular Hbond substituents is 2. The summed E-state index contributed by atoms with van der Waals surface area (Å²) in [7, 11) is 0. The molecule has 5 rings (SSSR count). The van der Waals surface area contributed by atoms with Crippen molar-refractivity contribution in [3.8, 4) is 33.8 Å². The number of pyridine rings is 1. The molecule has 1 heterocycles. The molecule has 2 fully saturated rings. The molecule has 0 amide bonds. The second kappa shape index (κ2) is 8.39. The number of hydrogen-bond acceptors (Lipinski definition) is 4. The fraction of sp³-hybridized carbons (Fsp3) is 0.346. The largest absolute Gasteiger partial charge is 0.508 e. The zero-order valence-electron chi connectivity index (χ0n) is 17.6. The zero-order chi connectivity index (χ0) is 21.1. The molecule has 4 nitrogen and oxygen atoms in total. The van der Waals surface area contributed by atoms with Crippen molar-refractivity contribution < 1.29 is 10.2 Å². The highest BCUT2D eigenvalue weighted by Gasteiger charge is 2.41. The fourth-order valence-electron chi connectivity index (χ4n) is 4.63. The lowest BCUT2D eigenvalue weighted by atomic mass is 9.56. The summed E-state index contributed by atoms with van der Waals surface area (Å²) in [6.45, 7) is 2.07. The van der Waals surface area contributed by atoms with Gasteiger partial charge in [-0.15, -0.1) is 0 Å². The van der Waals surface area contributed by atoms with Gasteiger partial charge in [0.25, 0.3) is 0 Å². The molecule has 2 aromatic carbocycles. The van der Waals surface area contributed by atoms with E-state index in [0.29, 0.717) is 5.82 Å². The van der Waals surface area contributed by atoms with Crippen LogP contribution in [0.15, 0.2) is 54.7 Å². The topological polar surface area (TPSA) is 79.4 Å². The molecule has 156 valence electrons. The van der Waals surface area contributed by atoms with Crippen LogP contribution in [0.4, 0.5) is 5.82 Å². The highest BCUT2D eigenvalue weighted by atomic mass is 16.3. The number of nitrogens with zero attached hydrogens (tertiary/aromatic N) is 1. The highest BCUT2D eigenvalue weighted by Crippen LogP contribution is 2.55. The quantitative estimate of drug-likeness (QED) is 0.479. The van der Waals surface area contributed by atoms with Crippen LogP contribution in [0.3, 0.4) is 0 Å². The summed E-state index contributed by atoms with van der Waals surface area (Å²) in [4.78, 5) is 4.34. The molecule has 0 atom stereocenters. The van der Waals surface area contributed by atoms with Gasteiger partial charge in [-0.1, -0.05) is 44.0 Å². The first-order valence-corrected chi connectivity index (χ1v) is 10.9. The van der Waals surface area contributed by atoms with Crippen molar-refractivity contribution in [2.75, 3.05) is 5.73 Å². The first-order chi connectivity index (χ1) is 14.5. The molecule has 2 aliphatic rings. The molecule has 0 aliphatic heterocycles. The van der Waals surface area contributed by atoms with Crippen LogP contribution in [0.2, 0.25) is 0 Å². The van der Waals surface area contributed by atoms with Crippen LogP contribution in [0.5, 0.6) is 11.5 Å². The van der Waals surface area contributed by atoms with Crippen molar-refractivity contribution in [1.82, 2.24) is 4.98 Å². The van der Waals surface area contributed by atoms with Gasteiger partial charge in [0.05, 0.1) is 0 Å². The minimum Gasteiger partial charge on any atom is -0.508 e. The lowest BCUT2D eigenvalue weighted by Gasteiger charge is -2.49. The Balaban J connectivity index is 0.000000259. The van der Waals surface area contributed by atoms with Gasteiger partial charge in [0, 0.05) is 17.3 Å². The van der Waals surface area contributed by atoms with Gasteiger partial charge in [0.15, 0.2) is 0 Å². The maximum Gasteiger partial charge on any atom is 0.131 e. The summed E-state index contributed by atoms with van der Waals surface area (Å²) in [5.41, 5.74) is 11.9. The lowest BCUT2D eigenvalue weighted by Crippen LogP contribution is -2.35. The normalized spacial score (nSPS) is 16.2. The van der Waals surface area contributed by atoms with E-state index in [1.807, 2.05) is 24.3 Å². The maximum atomic E-state index is 9.49. The molecule has 4 N–H and O–H groups in total. The molecule has 2 saturated carbocycles. The first-order valence-electron chi connectivity index (χ1n) is 10.9. The average molecular weight is 403 g/mol. The minimum atomic E-state index is 0.216. The van der Waals surface area contributed by atoms with Crippen molar-refractivity contribution in [2.24, 2.45) is 5.41 Å². The van der Waals surface area contributed by atoms with Crippen molar-refractivity contribution in [3.05, 3.63) is 60.3 Å². The summed E-state index contributed by atoms with van der Waals surface area (Å²) < 4.78 is 0.